The zero-order chi connectivity index (χ0) is 13.2. The molecule has 0 saturated carbocycles. The molecule has 0 spiro atoms. The van der Waals surface area contributed by atoms with E-state index >= 15 is 0 Å². The van der Waals surface area contributed by atoms with Gasteiger partial charge in [-0.2, -0.15) is 11.3 Å². The number of rotatable bonds is 4. The van der Waals surface area contributed by atoms with Gasteiger partial charge < -0.3 is 5.73 Å². The van der Waals surface area contributed by atoms with Crippen LogP contribution in [0.25, 0.3) is 0 Å². The first-order valence-electron chi connectivity index (χ1n) is 5.05. The summed E-state index contributed by atoms with van der Waals surface area (Å²) in [5.74, 6) is 0. The number of sulfonamides is 1. The Kier molecular flexibility index (Phi) is 3.91. The molecule has 2 rings (SSSR count). The van der Waals surface area contributed by atoms with Crippen molar-refractivity contribution < 1.29 is 8.42 Å². The lowest BCUT2D eigenvalue weighted by atomic mass is 10.3. The highest BCUT2D eigenvalue weighted by Gasteiger charge is 2.17. The third-order valence-corrected chi connectivity index (χ3v) is 4.91. The minimum atomic E-state index is -3.62. The Bertz CT molecular complexity index is 639. The normalized spacial score (nSPS) is 11.6. The molecule has 0 unspecified atom stereocenters. The standard InChI is InChI=1S/C11H11ClN2O2S2/c12-10-5-9(13)1-2-11(10)18(15,16)14-6-8-3-4-17-7-8/h1-5,7,14H,6,13H2. The molecule has 18 heavy (non-hydrogen) atoms. The molecule has 0 saturated heterocycles. The van der Waals surface area contributed by atoms with Crippen LogP contribution in [0.4, 0.5) is 5.69 Å². The van der Waals surface area contributed by atoms with Gasteiger partial charge in [0.05, 0.1) is 5.02 Å². The van der Waals surface area contributed by atoms with Gasteiger partial charge in [-0.25, -0.2) is 13.1 Å². The number of hydrogen-bond donors (Lipinski definition) is 2. The maximum atomic E-state index is 12.0. The monoisotopic (exact) mass is 302 g/mol. The number of thiophene rings is 1. The summed E-state index contributed by atoms with van der Waals surface area (Å²) in [5, 5.41) is 3.89. The number of anilines is 1. The largest absolute Gasteiger partial charge is 0.399 e. The molecule has 1 aromatic heterocycles. The molecule has 0 aliphatic carbocycles. The average molecular weight is 303 g/mol. The van der Waals surface area contributed by atoms with Crippen LogP contribution in [-0.4, -0.2) is 8.42 Å². The second kappa shape index (κ2) is 5.27. The smallest absolute Gasteiger partial charge is 0.242 e. The van der Waals surface area contributed by atoms with Gasteiger partial charge >= 0.3 is 0 Å². The van der Waals surface area contributed by atoms with Crippen molar-refractivity contribution in [3.8, 4) is 0 Å². The van der Waals surface area contributed by atoms with E-state index in [-0.39, 0.29) is 16.5 Å². The van der Waals surface area contributed by atoms with Crippen LogP contribution in [0.5, 0.6) is 0 Å². The minimum absolute atomic E-state index is 0.0357. The van der Waals surface area contributed by atoms with E-state index in [0.717, 1.165) is 5.56 Å². The molecule has 0 amide bonds. The fraction of sp³-hybridized carbons (Fsp3) is 0.0909. The van der Waals surface area contributed by atoms with Gasteiger partial charge in [-0.1, -0.05) is 11.6 Å². The lowest BCUT2D eigenvalue weighted by Gasteiger charge is -2.08. The Hall–Kier alpha value is -1.08. The Morgan fingerprint density at radius 3 is 2.72 bits per heavy atom. The van der Waals surface area contributed by atoms with Gasteiger partial charge in [-0.3, -0.25) is 0 Å². The van der Waals surface area contributed by atoms with Crippen molar-refractivity contribution in [2.24, 2.45) is 0 Å². The fourth-order valence-electron chi connectivity index (χ4n) is 1.38. The zero-order valence-corrected chi connectivity index (χ0v) is 11.6. The van der Waals surface area contributed by atoms with Crippen molar-refractivity contribution in [1.29, 1.82) is 0 Å². The van der Waals surface area contributed by atoms with E-state index in [9.17, 15) is 8.42 Å². The highest BCUT2D eigenvalue weighted by Crippen LogP contribution is 2.23. The van der Waals surface area contributed by atoms with Crippen molar-refractivity contribution in [3.05, 3.63) is 45.6 Å². The molecule has 0 fully saturated rings. The predicted molar refractivity (Wildman–Crippen MR) is 74.2 cm³/mol. The molecule has 7 heteroatoms. The van der Waals surface area contributed by atoms with E-state index < -0.39 is 10.0 Å². The van der Waals surface area contributed by atoms with E-state index in [1.807, 2.05) is 16.8 Å². The second-order valence-electron chi connectivity index (χ2n) is 3.65. The van der Waals surface area contributed by atoms with E-state index in [0.29, 0.717) is 5.69 Å². The van der Waals surface area contributed by atoms with Crippen molar-refractivity contribution >= 4 is 38.6 Å². The topological polar surface area (TPSA) is 72.2 Å². The van der Waals surface area contributed by atoms with E-state index in [2.05, 4.69) is 4.72 Å². The van der Waals surface area contributed by atoms with Crippen LogP contribution >= 0.6 is 22.9 Å². The highest BCUT2D eigenvalue weighted by atomic mass is 35.5. The maximum Gasteiger partial charge on any atom is 0.242 e. The first kappa shape index (κ1) is 13.4. The molecule has 0 atom stereocenters. The number of nitrogens with two attached hydrogens (primary N) is 1. The van der Waals surface area contributed by atoms with E-state index in [4.69, 9.17) is 17.3 Å². The van der Waals surface area contributed by atoms with Crippen LogP contribution in [0.2, 0.25) is 5.02 Å². The average Bonchev–Trinajstić information content (AvgIpc) is 2.78. The zero-order valence-electron chi connectivity index (χ0n) is 9.26. The summed E-state index contributed by atoms with van der Waals surface area (Å²) in [7, 11) is -3.62. The summed E-state index contributed by atoms with van der Waals surface area (Å²) >= 11 is 7.39. The molecule has 3 N–H and O–H groups in total. The van der Waals surface area contributed by atoms with Gasteiger partial charge in [0.25, 0.3) is 0 Å². The number of nitrogens with one attached hydrogen (secondary N) is 1. The number of hydrogen-bond acceptors (Lipinski definition) is 4. The summed E-state index contributed by atoms with van der Waals surface area (Å²) in [6, 6.07) is 6.18. The third kappa shape index (κ3) is 3.02. The summed E-state index contributed by atoms with van der Waals surface area (Å²) in [6.07, 6.45) is 0. The lowest BCUT2D eigenvalue weighted by molar-refractivity contribution is 0.581. The molecular weight excluding hydrogens is 292 g/mol. The molecule has 4 nitrogen and oxygen atoms in total. The number of nitrogen functional groups attached to an aromatic ring is 1. The Morgan fingerprint density at radius 1 is 1.33 bits per heavy atom. The minimum Gasteiger partial charge on any atom is -0.399 e. The van der Waals surface area contributed by atoms with E-state index in [1.54, 1.807) is 0 Å². The first-order valence-corrected chi connectivity index (χ1v) is 7.85. The summed E-state index contributed by atoms with van der Waals surface area (Å²) < 4.78 is 26.5. The second-order valence-corrected chi connectivity index (χ2v) is 6.57. The Balaban J connectivity index is 2.20. The highest BCUT2D eigenvalue weighted by molar-refractivity contribution is 7.89. The SMILES string of the molecule is Nc1ccc(S(=O)(=O)NCc2ccsc2)c(Cl)c1. The predicted octanol–water partition coefficient (Wildman–Crippen LogP) is 2.46. The van der Waals surface area contributed by atoms with Gasteiger partial charge in [-0.05, 0) is 40.6 Å². The summed E-state index contributed by atoms with van der Waals surface area (Å²) in [5.41, 5.74) is 6.86. The molecular formula is C11H11ClN2O2S2. The van der Waals surface area contributed by atoms with Crippen molar-refractivity contribution in [2.75, 3.05) is 5.73 Å². The van der Waals surface area contributed by atoms with Crippen molar-refractivity contribution in [3.63, 3.8) is 0 Å². The molecule has 1 heterocycles. The fourth-order valence-corrected chi connectivity index (χ4v) is 3.62. The van der Waals surface area contributed by atoms with Gasteiger partial charge in [0.2, 0.25) is 10.0 Å². The molecule has 2 aromatic rings. The van der Waals surface area contributed by atoms with Crippen LogP contribution in [0.3, 0.4) is 0 Å². The van der Waals surface area contributed by atoms with Gasteiger partial charge in [0.15, 0.2) is 0 Å². The Morgan fingerprint density at radius 2 is 2.11 bits per heavy atom. The van der Waals surface area contributed by atoms with E-state index in [1.165, 1.54) is 29.5 Å². The first-order chi connectivity index (χ1) is 8.49. The number of halogens is 1. The van der Waals surface area contributed by atoms with Crippen molar-refractivity contribution in [1.82, 2.24) is 4.72 Å². The van der Waals surface area contributed by atoms with Crippen LogP contribution in [0.1, 0.15) is 5.56 Å². The molecule has 0 bridgehead atoms. The molecule has 96 valence electrons. The van der Waals surface area contributed by atoms with Crippen LogP contribution in [-0.2, 0) is 16.6 Å². The van der Waals surface area contributed by atoms with Crippen LogP contribution in [0.15, 0.2) is 39.9 Å². The van der Waals surface area contributed by atoms with Gasteiger partial charge in [0.1, 0.15) is 4.90 Å². The lowest BCUT2D eigenvalue weighted by Crippen LogP contribution is -2.23. The van der Waals surface area contributed by atoms with Crippen LogP contribution < -0.4 is 10.5 Å². The van der Waals surface area contributed by atoms with Crippen molar-refractivity contribution in [2.45, 2.75) is 11.4 Å². The molecule has 1 aromatic carbocycles. The summed E-state index contributed by atoms with van der Waals surface area (Å²) in [4.78, 5) is 0.0357. The maximum absolute atomic E-state index is 12.0. The van der Waals surface area contributed by atoms with Gasteiger partial charge in [-0.15, -0.1) is 0 Å². The third-order valence-electron chi connectivity index (χ3n) is 2.29. The number of benzene rings is 1. The quantitative estimate of drug-likeness (QED) is 0.852. The summed E-state index contributed by atoms with van der Waals surface area (Å²) in [6.45, 7) is 0.243. The van der Waals surface area contributed by atoms with Crippen LogP contribution in [0, 0.1) is 0 Å². The molecule has 0 aliphatic heterocycles. The molecule has 0 radical (unpaired) electrons. The Labute approximate surface area is 114 Å². The van der Waals surface area contributed by atoms with Gasteiger partial charge in [0, 0.05) is 12.2 Å². The molecule has 0 aliphatic rings.